The zero-order chi connectivity index (χ0) is 22.3. The minimum atomic E-state index is -4.56. The van der Waals surface area contributed by atoms with Crippen molar-refractivity contribution in [2.45, 2.75) is 69.9 Å². The number of rotatable bonds is 3. The molecule has 166 valence electrons. The highest BCUT2D eigenvalue weighted by atomic mass is 32.2. The van der Waals surface area contributed by atoms with E-state index in [1.807, 2.05) is 30.9 Å². The van der Waals surface area contributed by atoms with Crippen LogP contribution in [0.15, 0.2) is 29.4 Å². The van der Waals surface area contributed by atoms with E-state index in [4.69, 9.17) is 0 Å². The molecule has 2 aliphatic rings. The maximum absolute atomic E-state index is 13.8. The predicted molar refractivity (Wildman–Crippen MR) is 115 cm³/mol. The lowest BCUT2D eigenvalue weighted by molar-refractivity contribution is -0.142. The molecule has 2 aromatic rings. The van der Waals surface area contributed by atoms with Gasteiger partial charge in [-0.15, -0.1) is 0 Å². The number of fused-ring (bicyclic) bond motifs is 3. The third kappa shape index (κ3) is 4.45. The second-order valence-corrected chi connectivity index (χ2v) is 9.64. The van der Waals surface area contributed by atoms with Crippen LogP contribution < -0.4 is 0 Å². The van der Waals surface area contributed by atoms with Gasteiger partial charge in [0.05, 0.1) is 11.4 Å². The van der Waals surface area contributed by atoms with Crippen LogP contribution in [0, 0.1) is 5.92 Å². The first-order valence-electron chi connectivity index (χ1n) is 10.7. The van der Waals surface area contributed by atoms with Crippen LogP contribution in [0.5, 0.6) is 0 Å². The number of hydrogen-bond donors (Lipinski definition) is 0. The Morgan fingerprint density at radius 3 is 2.45 bits per heavy atom. The molecule has 0 spiro atoms. The van der Waals surface area contributed by atoms with Crippen LogP contribution in [-0.4, -0.2) is 38.6 Å². The number of carbonyl (C=O) groups excluding carboxylic acids is 1. The number of amides is 1. The SMILES string of the molecule is CC1C[C@H](C)N(C(=O)CSc2nc3c(c(C(F)(F)F)n2)CCc2ccccc2-3)[C@@H](C)C1. The molecule has 0 bridgehead atoms. The molecule has 4 nitrogen and oxygen atoms in total. The van der Waals surface area contributed by atoms with E-state index in [1.54, 1.807) is 12.1 Å². The lowest BCUT2D eigenvalue weighted by atomic mass is 9.88. The fraction of sp³-hybridized carbons (Fsp3) is 0.522. The van der Waals surface area contributed by atoms with E-state index >= 15 is 0 Å². The van der Waals surface area contributed by atoms with E-state index in [9.17, 15) is 18.0 Å². The third-order valence-electron chi connectivity index (χ3n) is 6.22. The van der Waals surface area contributed by atoms with Crippen LogP contribution in [-0.2, 0) is 23.8 Å². The van der Waals surface area contributed by atoms with Crippen molar-refractivity contribution in [1.82, 2.24) is 14.9 Å². The summed E-state index contributed by atoms with van der Waals surface area (Å²) < 4.78 is 41.4. The summed E-state index contributed by atoms with van der Waals surface area (Å²) in [7, 11) is 0. The highest BCUT2D eigenvalue weighted by Crippen LogP contribution is 2.40. The molecule has 1 fully saturated rings. The van der Waals surface area contributed by atoms with E-state index in [0.717, 1.165) is 35.7 Å². The van der Waals surface area contributed by atoms with Gasteiger partial charge >= 0.3 is 6.18 Å². The number of alkyl halides is 3. The van der Waals surface area contributed by atoms with E-state index in [0.29, 0.717) is 18.0 Å². The summed E-state index contributed by atoms with van der Waals surface area (Å²) in [5.41, 5.74) is 1.31. The number of nitrogens with zero attached hydrogens (tertiary/aromatic N) is 3. The average molecular weight is 450 g/mol. The van der Waals surface area contributed by atoms with Crippen LogP contribution in [0.1, 0.15) is 50.4 Å². The van der Waals surface area contributed by atoms with Crippen molar-refractivity contribution in [3.63, 3.8) is 0 Å². The van der Waals surface area contributed by atoms with Gasteiger partial charge in [-0.05, 0) is 51.0 Å². The molecule has 0 unspecified atom stereocenters. The van der Waals surface area contributed by atoms with Gasteiger partial charge in [0.25, 0.3) is 0 Å². The summed E-state index contributed by atoms with van der Waals surface area (Å²) in [4.78, 5) is 23.1. The smallest absolute Gasteiger partial charge is 0.337 e. The molecule has 1 aromatic carbocycles. The molecule has 2 atom stereocenters. The van der Waals surface area contributed by atoms with Gasteiger partial charge < -0.3 is 4.90 Å². The number of thioether (sulfide) groups is 1. The van der Waals surface area contributed by atoms with Gasteiger partial charge in [0.1, 0.15) is 0 Å². The number of likely N-dealkylation sites (tertiary alicyclic amines) is 1. The first kappa shape index (κ1) is 22.1. The number of aromatic nitrogens is 2. The van der Waals surface area contributed by atoms with Gasteiger partial charge in [0, 0.05) is 23.2 Å². The summed E-state index contributed by atoms with van der Waals surface area (Å²) in [5.74, 6) is 0.508. The van der Waals surface area contributed by atoms with Crippen molar-refractivity contribution in [2.24, 2.45) is 5.92 Å². The summed E-state index contributed by atoms with van der Waals surface area (Å²) in [6.45, 7) is 6.24. The van der Waals surface area contributed by atoms with E-state index in [2.05, 4.69) is 16.9 Å². The largest absolute Gasteiger partial charge is 0.433 e. The van der Waals surface area contributed by atoms with Crippen molar-refractivity contribution in [3.8, 4) is 11.3 Å². The van der Waals surface area contributed by atoms with Crippen LogP contribution in [0.4, 0.5) is 13.2 Å². The second kappa shape index (κ2) is 8.45. The molecule has 0 saturated carbocycles. The Bertz CT molecular complexity index is 983. The Kier molecular flexibility index (Phi) is 6.03. The maximum atomic E-state index is 13.8. The molecule has 31 heavy (non-hydrogen) atoms. The van der Waals surface area contributed by atoms with Crippen LogP contribution in [0.25, 0.3) is 11.3 Å². The zero-order valence-corrected chi connectivity index (χ0v) is 18.7. The molecule has 4 rings (SSSR count). The minimum absolute atomic E-state index is 0.00168. The molecule has 0 N–H and O–H groups in total. The lowest BCUT2D eigenvalue weighted by Crippen LogP contribution is -2.50. The molecular formula is C23H26F3N3OS. The topological polar surface area (TPSA) is 46.1 Å². The summed E-state index contributed by atoms with van der Waals surface area (Å²) >= 11 is 0.991. The van der Waals surface area contributed by atoms with Gasteiger partial charge in [0.2, 0.25) is 5.91 Å². The van der Waals surface area contributed by atoms with Gasteiger partial charge in [-0.1, -0.05) is 43.0 Å². The van der Waals surface area contributed by atoms with Crippen molar-refractivity contribution < 1.29 is 18.0 Å². The van der Waals surface area contributed by atoms with Gasteiger partial charge in [-0.2, -0.15) is 13.2 Å². The molecule has 1 aliphatic heterocycles. The van der Waals surface area contributed by atoms with Crippen LogP contribution in [0.2, 0.25) is 0 Å². The van der Waals surface area contributed by atoms with Crippen molar-refractivity contribution in [1.29, 1.82) is 0 Å². The highest BCUT2D eigenvalue weighted by molar-refractivity contribution is 7.99. The quantitative estimate of drug-likeness (QED) is 0.466. The number of aryl methyl sites for hydroxylation is 1. The number of benzene rings is 1. The molecule has 2 heterocycles. The average Bonchev–Trinajstić information content (AvgIpc) is 2.70. The fourth-order valence-corrected chi connectivity index (χ4v) is 5.78. The van der Waals surface area contributed by atoms with E-state index < -0.39 is 11.9 Å². The van der Waals surface area contributed by atoms with Crippen molar-refractivity contribution >= 4 is 17.7 Å². The lowest BCUT2D eigenvalue weighted by Gasteiger charge is -2.41. The Morgan fingerprint density at radius 1 is 1.10 bits per heavy atom. The molecule has 1 saturated heterocycles. The van der Waals surface area contributed by atoms with Crippen molar-refractivity contribution in [3.05, 3.63) is 41.1 Å². The monoisotopic (exact) mass is 449 g/mol. The van der Waals surface area contributed by atoms with Gasteiger partial charge in [0.15, 0.2) is 10.9 Å². The molecular weight excluding hydrogens is 423 g/mol. The third-order valence-corrected chi connectivity index (χ3v) is 7.05. The Labute approximate surface area is 184 Å². The first-order valence-corrected chi connectivity index (χ1v) is 11.6. The minimum Gasteiger partial charge on any atom is -0.337 e. The maximum Gasteiger partial charge on any atom is 0.433 e. The number of halogens is 3. The number of piperidine rings is 1. The standard InChI is InChI=1S/C23H26F3N3OS/c1-13-10-14(2)29(15(3)11-13)19(30)12-31-22-27-20-17-7-5-4-6-16(17)8-9-18(20)21(28-22)23(24,25)26/h4-7,13-15H,8-12H2,1-3H3/t14-,15-/m0/s1. The van der Waals surface area contributed by atoms with Crippen molar-refractivity contribution in [2.75, 3.05) is 5.75 Å². The summed E-state index contributed by atoms with van der Waals surface area (Å²) in [6.07, 6.45) is -1.91. The first-order chi connectivity index (χ1) is 14.6. The van der Waals surface area contributed by atoms with Crippen LogP contribution >= 0.6 is 11.8 Å². The predicted octanol–water partition coefficient (Wildman–Crippen LogP) is 5.39. The molecule has 1 aromatic heterocycles. The summed E-state index contributed by atoms with van der Waals surface area (Å²) in [5, 5.41) is 0.00168. The Balaban J connectivity index is 1.62. The Hall–Kier alpha value is -2.09. The second-order valence-electron chi connectivity index (χ2n) is 8.70. The highest BCUT2D eigenvalue weighted by Gasteiger charge is 2.39. The number of carbonyl (C=O) groups is 1. The number of hydrogen-bond acceptors (Lipinski definition) is 4. The fourth-order valence-electron chi connectivity index (χ4n) is 5.07. The van der Waals surface area contributed by atoms with Gasteiger partial charge in [-0.3, -0.25) is 4.79 Å². The van der Waals surface area contributed by atoms with Gasteiger partial charge in [-0.25, -0.2) is 9.97 Å². The normalized spacial score (nSPS) is 23.3. The molecule has 1 aliphatic carbocycles. The Morgan fingerprint density at radius 2 is 1.77 bits per heavy atom. The van der Waals surface area contributed by atoms with E-state index in [1.165, 1.54) is 0 Å². The van der Waals surface area contributed by atoms with E-state index in [-0.39, 0.29) is 40.9 Å². The molecule has 1 amide bonds. The molecule has 8 heteroatoms. The summed E-state index contributed by atoms with van der Waals surface area (Å²) in [6, 6.07) is 7.65. The zero-order valence-electron chi connectivity index (χ0n) is 17.9. The molecule has 0 radical (unpaired) electrons. The van der Waals surface area contributed by atoms with Crippen LogP contribution in [0.3, 0.4) is 0 Å².